The first-order valence-corrected chi connectivity index (χ1v) is 9.30. The Morgan fingerprint density at radius 3 is 2.54 bits per heavy atom. The summed E-state index contributed by atoms with van der Waals surface area (Å²) in [5.74, 6) is -0.630. The molecule has 4 rings (SSSR count). The Labute approximate surface area is 164 Å². The van der Waals surface area contributed by atoms with Crippen molar-refractivity contribution in [3.8, 4) is 22.5 Å². The number of anilines is 1. The van der Waals surface area contributed by atoms with Gasteiger partial charge in [-0.3, -0.25) is 9.59 Å². The average molecular weight is 377 g/mol. The van der Waals surface area contributed by atoms with Gasteiger partial charge in [-0.15, -0.1) is 5.10 Å². The van der Waals surface area contributed by atoms with Gasteiger partial charge >= 0.3 is 0 Å². The maximum Gasteiger partial charge on any atom is 0.227 e. The normalized spacial score (nSPS) is 12.4. The van der Waals surface area contributed by atoms with Gasteiger partial charge in [0.05, 0.1) is 17.9 Å². The van der Waals surface area contributed by atoms with Crippen LogP contribution in [0.4, 0.5) is 5.69 Å². The Kier molecular flexibility index (Phi) is 4.65. The minimum Gasteiger partial charge on any atom is -0.370 e. The fraction of sp³-hybridized carbons (Fsp3) is 0.238. The zero-order chi connectivity index (χ0) is 19.7. The fourth-order valence-corrected chi connectivity index (χ4v) is 3.62. The number of nitrogens with two attached hydrogens (primary N) is 1. The second-order valence-corrected chi connectivity index (χ2v) is 6.72. The van der Waals surface area contributed by atoms with Crippen LogP contribution in [0.2, 0.25) is 0 Å². The zero-order valence-corrected chi connectivity index (χ0v) is 15.6. The van der Waals surface area contributed by atoms with E-state index in [2.05, 4.69) is 10.3 Å². The molecule has 0 fully saturated rings. The van der Waals surface area contributed by atoms with Gasteiger partial charge in [0, 0.05) is 31.9 Å². The number of amides is 2. The Hall–Kier alpha value is -3.48. The van der Waals surface area contributed by atoms with Crippen LogP contribution in [0.1, 0.15) is 26.8 Å². The number of hydrogen-bond donors (Lipinski definition) is 1. The molecule has 0 bridgehead atoms. The molecule has 1 aliphatic heterocycles. The van der Waals surface area contributed by atoms with Gasteiger partial charge in [0.1, 0.15) is 5.69 Å². The van der Waals surface area contributed by atoms with Gasteiger partial charge in [-0.05, 0) is 18.6 Å². The van der Waals surface area contributed by atoms with Gasteiger partial charge in [0.2, 0.25) is 11.8 Å². The predicted octanol–water partition coefficient (Wildman–Crippen LogP) is 2.99. The number of aromatic nitrogens is 3. The van der Waals surface area contributed by atoms with Crippen LogP contribution in [0.25, 0.3) is 22.5 Å². The number of nitrogens with zero attached hydrogens (tertiary/aromatic N) is 4. The molecule has 2 amide bonds. The number of benzene rings is 2. The van der Waals surface area contributed by atoms with Crippen LogP contribution in [-0.4, -0.2) is 26.8 Å². The summed E-state index contributed by atoms with van der Waals surface area (Å²) in [7, 11) is 0. The fourth-order valence-electron chi connectivity index (χ4n) is 3.62. The first kappa shape index (κ1) is 17.9. The van der Waals surface area contributed by atoms with Crippen LogP contribution in [0, 0.1) is 0 Å². The molecule has 0 saturated carbocycles. The lowest BCUT2D eigenvalue weighted by Crippen LogP contribution is -2.32. The van der Waals surface area contributed by atoms with Crippen molar-refractivity contribution >= 4 is 17.5 Å². The van der Waals surface area contributed by atoms with E-state index in [-0.39, 0.29) is 20.2 Å². The summed E-state index contributed by atoms with van der Waals surface area (Å²) >= 11 is 0. The highest BCUT2D eigenvalue weighted by atomic mass is 16.2. The molecule has 7 nitrogen and oxygen atoms in total. The molecule has 0 unspecified atom stereocenters. The number of hydrogen-bond acceptors (Lipinski definition) is 4. The Morgan fingerprint density at radius 1 is 1.07 bits per heavy atom. The van der Waals surface area contributed by atoms with Crippen LogP contribution in [0.5, 0.6) is 0 Å². The van der Waals surface area contributed by atoms with Crippen molar-refractivity contribution < 1.29 is 11.0 Å². The van der Waals surface area contributed by atoms with E-state index in [0.717, 1.165) is 33.8 Å². The minimum atomic E-state index is -0.484. The maximum absolute atomic E-state index is 13.0. The Bertz CT molecular complexity index is 1060. The van der Waals surface area contributed by atoms with E-state index in [1.807, 2.05) is 60.1 Å². The van der Waals surface area contributed by atoms with Gasteiger partial charge in [-0.25, -0.2) is 4.68 Å². The number of rotatable bonds is 4. The number of carbonyl (C=O) groups is 2. The molecular formula is C21H23N5O2. The maximum atomic E-state index is 13.0. The molecule has 2 heterocycles. The number of aryl methyl sites for hydroxylation is 1. The standard InChI is InChI=1S/C21H21N5O2.H2/c1-2-26-21-15-8-4-3-7-14(15)13-25(19(28)12-11-18(22)27)17-10-6-5-9-16(17)20(21)23-24-26;/h3-10H,2,11-13H2,1H3,(H2,22,27);1H. The van der Waals surface area contributed by atoms with Gasteiger partial charge in [0.25, 0.3) is 0 Å². The average Bonchev–Trinajstić information content (AvgIpc) is 3.12. The van der Waals surface area contributed by atoms with Crippen LogP contribution < -0.4 is 10.6 Å². The second-order valence-electron chi connectivity index (χ2n) is 6.72. The first-order valence-electron chi connectivity index (χ1n) is 9.30. The van der Waals surface area contributed by atoms with Crippen molar-refractivity contribution in [2.75, 3.05) is 4.90 Å². The molecule has 2 N–H and O–H groups in total. The lowest BCUT2D eigenvalue weighted by molar-refractivity contribution is -0.123. The molecule has 0 atom stereocenters. The molecule has 0 saturated heterocycles. The van der Waals surface area contributed by atoms with Crippen molar-refractivity contribution in [3.05, 3.63) is 54.1 Å². The van der Waals surface area contributed by atoms with Crippen LogP contribution in [-0.2, 0) is 22.7 Å². The monoisotopic (exact) mass is 377 g/mol. The summed E-state index contributed by atoms with van der Waals surface area (Å²) in [6.45, 7) is 3.13. The predicted molar refractivity (Wildman–Crippen MR) is 108 cm³/mol. The summed E-state index contributed by atoms with van der Waals surface area (Å²) in [5, 5.41) is 8.77. The number of para-hydroxylation sites is 1. The summed E-state index contributed by atoms with van der Waals surface area (Å²) in [5.41, 5.74) is 10.6. The van der Waals surface area contributed by atoms with E-state index in [4.69, 9.17) is 5.73 Å². The quantitative estimate of drug-likeness (QED) is 0.756. The van der Waals surface area contributed by atoms with Crippen molar-refractivity contribution in [2.45, 2.75) is 32.9 Å². The van der Waals surface area contributed by atoms with Crippen molar-refractivity contribution in [3.63, 3.8) is 0 Å². The van der Waals surface area contributed by atoms with Crippen molar-refractivity contribution in [1.82, 2.24) is 15.0 Å². The largest absolute Gasteiger partial charge is 0.370 e. The van der Waals surface area contributed by atoms with E-state index < -0.39 is 5.91 Å². The molecule has 3 aromatic rings. The number of carbonyl (C=O) groups excluding carboxylic acids is 2. The topological polar surface area (TPSA) is 94.1 Å². The number of fused-ring (bicyclic) bond motifs is 5. The van der Waals surface area contributed by atoms with Crippen molar-refractivity contribution in [1.29, 1.82) is 0 Å². The van der Waals surface area contributed by atoms with E-state index >= 15 is 0 Å². The third kappa shape index (κ3) is 3.05. The van der Waals surface area contributed by atoms with Crippen LogP contribution in [0.3, 0.4) is 0 Å². The highest BCUT2D eigenvalue weighted by Crippen LogP contribution is 2.41. The molecule has 2 aromatic carbocycles. The molecular weight excluding hydrogens is 354 g/mol. The molecule has 144 valence electrons. The molecule has 7 heteroatoms. The van der Waals surface area contributed by atoms with Gasteiger partial charge < -0.3 is 10.6 Å². The third-order valence-electron chi connectivity index (χ3n) is 4.97. The van der Waals surface area contributed by atoms with Gasteiger partial charge in [-0.2, -0.15) is 0 Å². The highest BCUT2D eigenvalue weighted by molar-refractivity contribution is 6.01. The highest BCUT2D eigenvalue weighted by Gasteiger charge is 2.28. The lowest BCUT2D eigenvalue weighted by atomic mass is 9.95. The SMILES string of the molecule is CCn1nnc2c1-c1ccccc1CN(C(=O)CCC(N)=O)c1ccccc1-2.[HH]. The summed E-state index contributed by atoms with van der Waals surface area (Å²) < 4.78 is 1.88. The first-order chi connectivity index (χ1) is 13.6. The van der Waals surface area contributed by atoms with Crippen molar-refractivity contribution in [2.24, 2.45) is 5.73 Å². The molecule has 1 aromatic heterocycles. The minimum absolute atomic E-state index is 0. The van der Waals surface area contributed by atoms with Crippen LogP contribution in [0.15, 0.2) is 48.5 Å². The second kappa shape index (κ2) is 7.26. The van der Waals surface area contributed by atoms with E-state index in [1.165, 1.54) is 0 Å². The molecule has 28 heavy (non-hydrogen) atoms. The van der Waals surface area contributed by atoms with Gasteiger partial charge in [-0.1, -0.05) is 47.7 Å². The lowest BCUT2D eigenvalue weighted by Gasteiger charge is -2.28. The van der Waals surface area contributed by atoms with E-state index in [1.54, 1.807) is 4.90 Å². The summed E-state index contributed by atoms with van der Waals surface area (Å²) in [6, 6.07) is 15.6. The Morgan fingerprint density at radius 2 is 1.79 bits per heavy atom. The summed E-state index contributed by atoms with van der Waals surface area (Å²) in [4.78, 5) is 25.9. The third-order valence-corrected chi connectivity index (χ3v) is 4.97. The number of primary amides is 1. The molecule has 0 radical (unpaired) electrons. The van der Waals surface area contributed by atoms with E-state index in [0.29, 0.717) is 13.1 Å². The molecule has 0 aliphatic carbocycles. The Balaban J connectivity index is 0.00000240. The van der Waals surface area contributed by atoms with Gasteiger partial charge in [0.15, 0.2) is 0 Å². The van der Waals surface area contributed by atoms with Crippen LogP contribution >= 0.6 is 0 Å². The zero-order valence-electron chi connectivity index (χ0n) is 15.6. The molecule has 1 aliphatic rings. The smallest absolute Gasteiger partial charge is 0.227 e. The van der Waals surface area contributed by atoms with E-state index in [9.17, 15) is 9.59 Å². The summed E-state index contributed by atoms with van der Waals surface area (Å²) in [6.07, 6.45) is 0.0940. The molecule has 0 spiro atoms.